The summed E-state index contributed by atoms with van der Waals surface area (Å²) in [6.07, 6.45) is -1.62. The monoisotopic (exact) mass is 419 g/mol. The number of hydrogen-bond acceptors (Lipinski definition) is 7. The molecule has 0 aliphatic carbocycles. The van der Waals surface area contributed by atoms with E-state index in [1.54, 1.807) is 6.92 Å². The van der Waals surface area contributed by atoms with Crippen LogP contribution in [0.1, 0.15) is 18.4 Å². The lowest BCUT2D eigenvalue weighted by atomic mass is 10.0. The van der Waals surface area contributed by atoms with Gasteiger partial charge in [-0.3, -0.25) is 4.57 Å². The van der Waals surface area contributed by atoms with Crippen LogP contribution in [0, 0.1) is 5.82 Å². The molecule has 1 aliphatic rings. The molecule has 8 nitrogen and oxygen atoms in total. The van der Waals surface area contributed by atoms with Gasteiger partial charge >= 0.3 is 0 Å². The Balaban J connectivity index is 1.80. The average molecular weight is 419 g/mol. The summed E-state index contributed by atoms with van der Waals surface area (Å²) in [7, 11) is -4.04. The second-order valence-corrected chi connectivity index (χ2v) is 8.94. The molecule has 3 aromatic rings. The van der Waals surface area contributed by atoms with E-state index in [2.05, 4.69) is 19.9 Å². The molecule has 1 fully saturated rings. The molecular weight excluding hydrogens is 407 g/mol. The van der Waals surface area contributed by atoms with Crippen molar-refractivity contribution in [1.82, 2.24) is 24.5 Å². The first-order valence-electron chi connectivity index (χ1n) is 7.59. The Bertz CT molecular complexity index is 1120. The first-order valence-corrected chi connectivity index (χ1v) is 9.89. The van der Waals surface area contributed by atoms with Gasteiger partial charge in [-0.25, -0.2) is 31.3 Å². The molecule has 0 atom stereocenters. The van der Waals surface area contributed by atoms with Crippen LogP contribution in [0.25, 0.3) is 16.2 Å². The minimum atomic E-state index is -4.04. The Kier molecular flexibility index (Phi) is 4.21. The van der Waals surface area contributed by atoms with Gasteiger partial charge in [-0.05, 0) is 19.1 Å². The second kappa shape index (κ2) is 6.22. The zero-order valence-corrected chi connectivity index (χ0v) is 15.3. The molecular formula is C14H12F3N5O3S2. The maximum atomic E-state index is 14.4. The van der Waals surface area contributed by atoms with E-state index in [-0.39, 0.29) is 34.3 Å². The highest BCUT2D eigenvalue weighted by Crippen LogP contribution is 2.29. The molecule has 3 heterocycles. The van der Waals surface area contributed by atoms with Gasteiger partial charge < -0.3 is 4.74 Å². The van der Waals surface area contributed by atoms with E-state index in [1.165, 1.54) is 17.0 Å². The molecule has 144 valence electrons. The van der Waals surface area contributed by atoms with E-state index in [9.17, 15) is 21.6 Å². The van der Waals surface area contributed by atoms with Crippen LogP contribution >= 0.6 is 11.3 Å². The summed E-state index contributed by atoms with van der Waals surface area (Å²) in [4.78, 5) is 3.56. The second-order valence-electron chi connectivity index (χ2n) is 6.27. The van der Waals surface area contributed by atoms with Gasteiger partial charge in [0.05, 0.1) is 29.2 Å². The van der Waals surface area contributed by atoms with Gasteiger partial charge in [-0.1, -0.05) is 11.3 Å². The molecule has 0 amide bonds. The number of ether oxygens (including phenoxy) is 1. The number of sulfonamides is 1. The minimum Gasteiger partial charge on any atom is -0.377 e. The summed E-state index contributed by atoms with van der Waals surface area (Å²) < 4.78 is 73.8. The van der Waals surface area contributed by atoms with Crippen LogP contribution in [0.3, 0.4) is 0 Å². The van der Waals surface area contributed by atoms with E-state index < -0.39 is 32.8 Å². The van der Waals surface area contributed by atoms with E-state index in [0.29, 0.717) is 11.3 Å². The number of imidazole rings is 1. The lowest BCUT2D eigenvalue weighted by Gasteiger charge is -2.38. The van der Waals surface area contributed by atoms with Crippen molar-refractivity contribution >= 4 is 32.4 Å². The fourth-order valence-corrected chi connectivity index (χ4v) is 4.71. The number of benzene rings is 1. The highest BCUT2D eigenvalue weighted by Gasteiger charge is 2.38. The highest BCUT2D eigenvalue weighted by atomic mass is 32.2. The molecule has 0 saturated carbocycles. The topological polar surface area (TPSA) is 99.0 Å². The third kappa shape index (κ3) is 3.20. The summed E-state index contributed by atoms with van der Waals surface area (Å²) in [5.41, 5.74) is -0.807. The zero-order valence-electron chi connectivity index (χ0n) is 13.7. The minimum absolute atomic E-state index is 0.0223. The van der Waals surface area contributed by atoms with Crippen molar-refractivity contribution < 1.29 is 26.3 Å². The summed E-state index contributed by atoms with van der Waals surface area (Å²) in [6, 6.07) is 2.07. The summed E-state index contributed by atoms with van der Waals surface area (Å²) >= 11 is 0.602. The van der Waals surface area contributed by atoms with E-state index in [0.717, 1.165) is 6.07 Å². The normalized spacial score (nSPS) is 16.8. The van der Waals surface area contributed by atoms with Crippen molar-refractivity contribution in [2.45, 2.75) is 23.8 Å². The van der Waals surface area contributed by atoms with E-state index >= 15 is 0 Å². The van der Waals surface area contributed by atoms with Gasteiger partial charge in [0, 0.05) is 0 Å². The Labute approximate surface area is 155 Å². The van der Waals surface area contributed by atoms with Crippen molar-refractivity contribution in [2.24, 2.45) is 0 Å². The van der Waals surface area contributed by atoms with Crippen LogP contribution in [0.15, 0.2) is 23.4 Å². The zero-order chi connectivity index (χ0) is 19.4. The van der Waals surface area contributed by atoms with Crippen molar-refractivity contribution in [2.75, 3.05) is 13.2 Å². The van der Waals surface area contributed by atoms with Crippen molar-refractivity contribution in [3.8, 4) is 5.13 Å². The number of nitrogens with one attached hydrogen (secondary N) is 1. The van der Waals surface area contributed by atoms with Crippen LogP contribution in [-0.4, -0.2) is 46.9 Å². The molecule has 0 unspecified atom stereocenters. The Hall–Kier alpha value is -2.09. The number of alkyl halides is 2. The summed E-state index contributed by atoms with van der Waals surface area (Å²) in [5.74, 6) is -0.861. The Morgan fingerprint density at radius 3 is 2.67 bits per heavy atom. The van der Waals surface area contributed by atoms with Crippen molar-refractivity contribution in [3.63, 3.8) is 0 Å². The number of rotatable bonds is 5. The van der Waals surface area contributed by atoms with Crippen molar-refractivity contribution in [1.29, 1.82) is 0 Å². The average Bonchev–Trinajstić information content (AvgIpc) is 3.19. The van der Waals surface area contributed by atoms with Crippen LogP contribution in [0.5, 0.6) is 0 Å². The lowest BCUT2D eigenvalue weighted by Crippen LogP contribution is -2.59. The van der Waals surface area contributed by atoms with E-state index in [1.807, 2.05) is 0 Å². The summed E-state index contributed by atoms with van der Waals surface area (Å²) in [6.45, 7) is 2.08. The molecule has 2 aromatic heterocycles. The third-order valence-electron chi connectivity index (χ3n) is 3.93. The molecule has 1 aliphatic heterocycles. The van der Waals surface area contributed by atoms with Gasteiger partial charge in [-0.15, -0.1) is 10.2 Å². The quantitative estimate of drug-likeness (QED) is 0.679. The number of aromatic nitrogens is 4. The number of nitrogens with zero attached hydrogens (tertiary/aromatic N) is 4. The van der Waals surface area contributed by atoms with Gasteiger partial charge in [0.1, 0.15) is 11.8 Å². The number of fused-ring (bicyclic) bond motifs is 1. The highest BCUT2D eigenvalue weighted by molar-refractivity contribution is 7.89. The molecule has 4 rings (SSSR count). The molecule has 0 bridgehead atoms. The smallest absolute Gasteiger partial charge is 0.291 e. The first kappa shape index (κ1) is 18.3. The molecule has 1 aromatic carbocycles. The molecule has 27 heavy (non-hydrogen) atoms. The van der Waals surface area contributed by atoms with Gasteiger partial charge in [0.25, 0.3) is 6.43 Å². The van der Waals surface area contributed by atoms with Crippen molar-refractivity contribution in [3.05, 3.63) is 29.3 Å². The fraction of sp³-hybridized carbons (Fsp3) is 0.357. The van der Waals surface area contributed by atoms with Crippen LogP contribution in [0.4, 0.5) is 13.2 Å². The number of halogens is 3. The standard InChI is InChI=1S/C14H12F3N5O3S2/c1-14(4-25-5-14)21-27(23,24)7-2-8(15)10-9(3-7)22(6-18-10)13-20-19-12(26-13)11(16)17/h2-3,6,11,21H,4-5H2,1H3. The number of hydrogen-bond donors (Lipinski definition) is 1. The van der Waals surface area contributed by atoms with Crippen LogP contribution in [0.2, 0.25) is 0 Å². The third-order valence-corrected chi connectivity index (χ3v) is 6.48. The van der Waals surface area contributed by atoms with Gasteiger partial charge in [0.15, 0.2) is 10.8 Å². The first-order chi connectivity index (χ1) is 12.7. The summed E-state index contributed by atoms with van der Waals surface area (Å²) in [5, 5.41) is 6.53. The van der Waals surface area contributed by atoms with Crippen LogP contribution < -0.4 is 4.72 Å². The molecule has 1 N–H and O–H groups in total. The Morgan fingerprint density at radius 1 is 1.33 bits per heavy atom. The predicted molar refractivity (Wildman–Crippen MR) is 89.0 cm³/mol. The lowest BCUT2D eigenvalue weighted by molar-refractivity contribution is -0.0523. The SMILES string of the molecule is CC1(NS(=O)(=O)c2cc(F)c3ncn(-c4nnc(C(F)F)s4)c3c2)COC1. The molecule has 0 radical (unpaired) electrons. The van der Waals surface area contributed by atoms with E-state index in [4.69, 9.17) is 4.74 Å². The maximum absolute atomic E-state index is 14.4. The van der Waals surface area contributed by atoms with Gasteiger partial charge in [-0.2, -0.15) is 0 Å². The molecule has 0 spiro atoms. The largest absolute Gasteiger partial charge is 0.377 e. The fourth-order valence-electron chi connectivity index (χ4n) is 2.62. The predicted octanol–water partition coefficient (Wildman–Crippen LogP) is 2.02. The molecule has 1 saturated heterocycles. The van der Waals surface area contributed by atoms with Gasteiger partial charge in [0.2, 0.25) is 15.2 Å². The molecule has 13 heteroatoms. The Morgan fingerprint density at radius 2 is 2.07 bits per heavy atom. The maximum Gasteiger partial charge on any atom is 0.291 e. The van der Waals surface area contributed by atoms with Crippen LogP contribution in [-0.2, 0) is 14.8 Å².